The van der Waals surface area contributed by atoms with Gasteiger partial charge in [-0.1, -0.05) is 0 Å². The van der Waals surface area contributed by atoms with Crippen molar-refractivity contribution in [3.63, 3.8) is 0 Å². The van der Waals surface area contributed by atoms with Crippen molar-refractivity contribution in [2.75, 3.05) is 5.73 Å². The predicted molar refractivity (Wildman–Crippen MR) is 67.5 cm³/mol. The average Bonchev–Trinajstić information content (AvgIpc) is 3.06. The molecule has 1 heterocycles. The van der Waals surface area contributed by atoms with Crippen LogP contribution in [-0.4, -0.2) is 9.36 Å². The van der Waals surface area contributed by atoms with Crippen LogP contribution in [0.2, 0.25) is 0 Å². The van der Waals surface area contributed by atoms with E-state index < -0.39 is 0 Å². The Morgan fingerprint density at radius 2 is 2.24 bits per heavy atom. The van der Waals surface area contributed by atoms with Crippen molar-refractivity contribution >= 4 is 17.2 Å². The van der Waals surface area contributed by atoms with Crippen molar-refractivity contribution in [2.24, 2.45) is 0 Å². The molecule has 0 amide bonds. The van der Waals surface area contributed by atoms with Crippen LogP contribution in [0.5, 0.6) is 10.9 Å². The van der Waals surface area contributed by atoms with E-state index in [4.69, 9.17) is 10.5 Å². The highest BCUT2D eigenvalue weighted by Gasteiger charge is 2.28. The van der Waals surface area contributed by atoms with Gasteiger partial charge in [-0.15, -0.1) is 0 Å². The molecule has 3 rings (SSSR count). The van der Waals surface area contributed by atoms with Crippen molar-refractivity contribution in [3.05, 3.63) is 29.6 Å². The molecule has 1 aliphatic rings. The second kappa shape index (κ2) is 4.00. The van der Waals surface area contributed by atoms with Crippen molar-refractivity contribution in [1.29, 1.82) is 0 Å². The Morgan fingerprint density at radius 3 is 2.94 bits per heavy atom. The SMILES string of the molecule is Cc1cc(Oc2nc(C3CC3)ns2)ccc1N. The minimum Gasteiger partial charge on any atom is -0.430 e. The van der Waals surface area contributed by atoms with Gasteiger partial charge in [-0.3, -0.25) is 0 Å². The number of aromatic nitrogens is 2. The first-order valence-corrected chi connectivity index (χ1v) is 6.37. The Kier molecular flexibility index (Phi) is 2.48. The number of benzene rings is 1. The fraction of sp³-hybridized carbons (Fsp3) is 0.333. The minimum absolute atomic E-state index is 0.566. The lowest BCUT2D eigenvalue weighted by atomic mass is 10.2. The third kappa shape index (κ3) is 2.24. The number of ether oxygens (including phenoxy) is 1. The topological polar surface area (TPSA) is 61.0 Å². The zero-order valence-electron chi connectivity index (χ0n) is 9.51. The van der Waals surface area contributed by atoms with Gasteiger partial charge >= 0.3 is 0 Å². The summed E-state index contributed by atoms with van der Waals surface area (Å²) in [5.74, 6) is 2.25. The molecule has 0 unspecified atom stereocenters. The fourth-order valence-electron chi connectivity index (χ4n) is 1.58. The third-order valence-corrected chi connectivity index (χ3v) is 3.42. The van der Waals surface area contributed by atoms with E-state index in [1.807, 2.05) is 25.1 Å². The van der Waals surface area contributed by atoms with Crippen LogP contribution in [-0.2, 0) is 0 Å². The van der Waals surface area contributed by atoms with Crippen LogP contribution >= 0.6 is 11.5 Å². The zero-order chi connectivity index (χ0) is 11.8. The summed E-state index contributed by atoms with van der Waals surface area (Å²) in [6, 6.07) is 5.60. The molecule has 2 N–H and O–H groups in total. The normalized spacial score (nSPS) is 14.9. The van der Waals surface area contributed by atoms with Gasteiger partial charge in [0.1, 0.15) is 11.6 Å². The van der Waals surface area contributed by atoms with Gasteiger partial charge in [-0.05, 0) is 43.5 Å². The Labute approximate surface area is 104 Å². The lowest BCUT2D eigenvalue weighted by molar-refractivity contribution is 0.477. The first kappa shape index (κ1) is 10.5. The van der Waals surface area contributed by atoms with E-state index in [-0.39, 0.29) is 0 Å². The van der Waals surface area contributed by atoms with Crippen LogP contribution in [0, 0.1) is 6.92 Å². The number of hydrogen-bond donors (Lipinski definition) is 1. The Bertz CT molecular complexity index is 548. The Balaban J connectivity index is 1.78. The maximum absolute atomic E-state index is 5.75. The van der Waals surface area contributed by atoms with E-state index >= 15 is 0 Å². The first-order valence-electron chi connectivity index (χ1n) is 5.60. The second-order valence-electron chi connectivity index (χ2n) is 4.31. The monoisotopic (exact) mass is 247 g/mol. The molecule has 0 spiro atoms. The maximum atomic E-state index is 5.75. The number of nitrogens with two attached hydrogens (primary N) is 1. The molecule has 0 bridgehead atoms. The lowest BCUT2D eigenvalue weighted by Crippen LogP contribution is -1.90. The zero-order valence-corrected chi connectivity index (χ0v) is 10.3. The van der Waals surface area contributed by atoms with E-state index in [2.05, 4.69) is 9.36 Å². The molecule has 4 nitrogen and oxygen atoms in total. The molecule has 5 heteroatoms. The molecule has 0 radical (unpaired) electrons. The van der Waals surface area contributed by atoms with E-state index in [1.54, 1.807) is 0 Å². The molecule has 1 fully saturated rings. The van der Waals surface area contributed by atoms with Gasteiger partial charge in [0, 0.05) is 23.1 Å². The molecular formula is C12H13N3OS. The van der Waals surface area contributed by atoms with Crippen molar-refractivity contribution in [2.45, 2.75) is 25.7 Å². The maximum Gasteiger partial charge on any atom is 0.298 e. The predicted octanol–water partition coefficient (Wildman–Crippen LogP) is 3.10. The average molecular weight is 247 g/mol. The van der Waals surface area contributed by atoms with Gasteiger partial charge in [0.25, 0.3) is 5.19 Å². The molecule has 1 aromatic heterocycles. The summed E-state index contributed by atoms with van der Waals surface area (Å²) in [6.07, 6.45) is 2.41. The smallest absolute Gasteiger partial charge is 0.298 e. The molecule has 1 aromatic carbocycles. The molecule has 0 aliphatic heterocycles. The van der Waals surface area contributed by atoms with Crippen LogP contribution < -0.4 is 10.5 Å². The summed E-state index contributed by atoms with van der Waals surface area (Å²) in [5, 5.41) is 0.607. The molecular weight excluding hydrogens is 234 g/mol. The van der Waals surface area contributed by atoms with E-state index in [1.165, 1.54) is 24.4 Å². The Morgan fingerprint density at radius 1 is 1.41 bits per heavy atom. The van der Waals surface area contributed by atoms with E-state index in [0.29, 0.717) is 11.1 Å². The molecule has 88 valence electrons. The molecule has 0 saturated heterocycles. The van der Waals surface area contributed by atoms with Crippen molar-refractivity contribution < 1.29 is 4.74 Å². The number of rotatable bonds is 3. The van der Waals surface area contributed by atoms with Crippen LogP contribution in [0.1, 0.15) is 30.1 Å². The quantitative estimate of drug-likeness (QED) is 0.847. The third-order valence-electron chi connectivity index (χ3n) is 2.81. The number of nitrogens with zero attached hydrogens (tertiary/aromatic N) is 2. The highest BCUT2D eigenvalue weighted by molar-refractivity contribution is 7.07. The summed E-state index contributed by atoms with van der Waals surface area (Å²) < 4.78 is 9.96. The summed E-state index contributed by atoms with van der Waals surface area (Å²) in [6.45, 7) is 1.96. The second-order valence-corrected chi connectivity index (χ2v) is 5.03. The number of anilines is 1. The molecule has 0 atom stereocenters. The molecule has 1 aliphatic carbocycles. The van der Waals surface area contributed by atoms with Crippen LogP contribution in [0.15, 0.2) is 18.2 Å². The highest BCUT2D eigenvalue weighted by atomic mass is 32.1. The fourth-order valence-corrected chi connectivity index (χ4v) is 2.21. The summed E-state index contributed by atoms with van der Waals surface area (Å²) in [5.41, 5.74) is 7.53. The lowest BCUT2D eigenvalue weighted by Gasteiger charge is -2.04. The number of hydrogen-bond acceptors (Lipinski definition) is 5. The van der Waals surface area contributed by atoms with Gasteiger partial charge < -0.3 is 10.5 Å². The van der Waals surface area contributed by atoms with Gasteiger partial charge in [-0.25, -0.2) is 0 Å². The number of aryl methyl sites for hydroxylation is 1. The van der Waals surface area contributed by atoms with Gasteiger partial charge in [0.2, 0.25) is 0 Å². The largest absolute Gasteiger partial charge is 0.430 e. The highest BCUT2D eigenvalue weighted by Crippen LogP contribution is 2.40. The van der Waals surface area contributed by atoms with Gasteiger partial charge in [-0.2, -0.15) is 9.36 Å². The molecule has 2 aromatic rings. The summed E-state index contributed by atoms with van der Waals surface area (Å²) in [4.78, 5) is 4.37. The van der Waals surface area contributed by atoms with Crippen molar-refractivity contribution in [3.8, 4) is 10.9 Å². The first-order chi connectivity index (χ1) is 8.22. The Hall–Kier alpha value is -1.62. The van der Waals surface area contributed by atoms with Gasteiger partial charge in [0.05, 0.1) is 0 Å². The standard InChI is InChI=1S/C12H13N3OS/c1-7-6-9(4-5-10(7)13)16-12-14-11(15-17-12)8-2-3-8/h4-6,8H,2-3,13H2,1H3. The van der Waals surface area contributed by atoms with Crippen LogP contribution in [0.3, 0.4) is 0 Å². The van der Waals surface area contributed by atoms with Crippen LogP contribution in [0.25, 0.3) is 0 Å². The van der Waals surface area contributed by atoms with Gasteiger partial charge in [0.15, 0.2) is 0 Å². The van der Waals surface area contributed by atoms with E-state index in [0.717, 1.165) is 22.8 Å². The van der Waals surface area contributed by atoms with E-state index in [9.17, 15) is 0 Å². The minimum atomic E-state index is 0.566. The van der Waals surface area contributed by atoms with Crippen molar-refractivity contribution in [1.82, 2.24) is 9.36 Å². The molecule has 17 heavy (non-hydrogen) atoms. The van der Waals surface area contributed by atoms with Crippen LogP contribution in [0.4, 0.5) is 5.69 Å². The summed E-state index contributed by atoms with van der Waals surface area (Å²) in [7, 11) is 0. The summed E-state index contributed by atoms with van der Waals surface area (Å²) >= 11 is 1.31. The molecule has 1 saturated carbocycles. The number of nitrogen functional groups attached to an aromatic ring is 1.